The van der Waals surface area contributed by atoms with Crippen LogP contribution in [0.2, 0.25) is 0 Å². The summed E-state index contributed by atoms with van der Waals surface area (Å²) < 4.78 is 31.1. The van der Waals surface area contributed by atoms with Crippen LogP contribution in [0.5, 0.6) is 5.75 Å². The van der Waals surface area contributed by atoms with Crippen LogP contribution in [0.25, 0.3) is 10.8 Å². The summed E-state index contributed by atoms with van der Waals surface area (Å²) in [4.78, 5) is 22.3. The first-order valence-electron chi connectivity index (χ1n) is 10.1. The second-order valence-corrected chi connectivity index (χ2v) is 8.85. The Morgan fingerprint density at radius 3 is 2.34 bits per heavy atom. The Morgan fingerprint density at radius 1 is 0.971 bits per heavy atom. The molecule has 3 N–H and O–H groups in total. The summed E-state index contributed by atoms with van der Waals surface area (Å²) in [6.07, 6.45) is 1.29. The van der Waals surface area contributed by atoms with Gasteiger partial charge in [0.25, 0.3) is 11.6 Å². The predicted octanol–water partition coefficient (Wildman–Crippen LogP) is 3.86. The van der Waals surface area contributed by atoms with Gasteiger partial charge in [0.05, 0.1) is 11.1 Å². The van der Waals surface area contributed by atoms with Gasteiger partial charge in [0.2, 0.25) is 0 Å². The van der Waals surface area contributed by atoms with Gasteiger partial charge in [-0.25, -0.2) is 5.43 Å². The van der Waals surface area contributed by atoms with E-state index in [9.17, 15) is 23.3 Å². The first-order valence-corrected chi connectivity index (χ1v) is 11.5. The third-order valence-corrected chi connectivity index (χ3v) is 6.25. The molecule has 4 aromatic carbocycles. The Morgan fingerprint density at radius 2 is 1.66 bits per heavy atom. The Kier molecular flexibility index (Phi) is 6.42. The van der Waals surface area contributed by atoms with Gasteiger partial charge in [-0.2, -0.15) is 13.5 Å². The summed E-state index contributed by atoms with van der Waals surface area (Å²) in [5.74, 6) is -0.519. The maximum absolute atomic E-state index is 12.8. The molecule has 10 nitrogen and oxygen atoms in total. The lowest BCUT2D eigenvalue weighted by atomic mass is 10.0. The van der Waals surface area contributed by atoms with E-state index in [0.717, 1.165) is 29.7 Å². The van der Waals surface area contributed by atoms with Crippen molar-refractivity contribution in [2.75, 3.05) is 5.73 Å². The molecule has 0 aliphatic carbocycles. The summed E-state index contributed by atoms with van der Waals surface area (Å²) in [5, 5.41) is 16.3. The average Bonchev–Trinajstić information content (AvgIpc) is 2.85. The zero-order valence-electron chi connectivity index (χ0n) is 18.0. The lowest BCUT2D eigenvalue weighted by Crippen LogP contribution is -2.17. The highest BCUT2D eigenvalue weighted by molar-refractivity contribution is 7.87. The van der Waals surface area contributed by atoms with Crippen molar-refractivity contribution in [1.82, 2.24) is 5.43 Å². The quantitative estimate of drug-likeness (QED) is 0.131. The zero-order valence-corrected chi connectivity index (χ0v) is 18.8. The highest BCUT2D eigenvalue weighted by atomic mass is 32.2. The van der Waals surface area contributed by atoms with Gasteiger partial charge in [-0.15, -0.1) is 0 Å². The van der Waals surface area contributed by atoms with Gasteiger partial charge in [-0.05, 0) is 53.2 Å². The molecule has 0 unspecified atom stereocenters. The Bertz CT molecular complexity index is 1550. The van der Waals surface area contributed by atoms with Crippen molar-refractivity contribution < 1.29 is 22.3 Å². The monoisotopic (exact) mass is 490 g/mol. The molecule has 0 saturated carbocycles. The highest BCUT2D eigenvalue weighted by Crippen LogP contribution is 2.29. The molecule has 0 bridgehead atoms. The number of nitro groups is 1. The number of nitrogens with one attached hydrogen (secondary N) is 1. The minimum absolute atomic E-state index is 0.0347. The SMILES string of the molecule is Nc1ccc(C(=O)N/N=C/c2c(OS(=O)(=O)c3ccc([N+](=O)[O-])cc3)ccc3ccccc23)cc1. The summed E-state index contributed by atoms with van der Waals surface area (Å²) in [6, 6.07) is 20.9. The minimum Gasteiger partial charge on any atom is -0.399 e. The van der Waals surface area contributed by atoms with Gasteiger partial charge in [0.15, 0.2) is 5.75 Å². The van der Waals surface area contributed by atoms with Crippen molar-refractivity contribution in [1.29, 1.82) is 0 Å². The minimum atomic E-state index is -4.32. The molecule has 0 radical (unpaired) electrons. The standard InChI is InChI=1S/C24H18N4O6S/c25-18-8-5-17(6-9-18)24(29)27-26-15-22-21-4-2-1-3-16(21)7-14-23(22)34-35(32,33)20-12-10-19(11-13-20)28(30)31/h1-15H,25H2,(H,27,29)/b26-15+. The number of nitrogen functional groups attached to an aromatic ring is 1. The van der Waals surface area contributed by atoms with Crippen molar-refractivity contribution >= 4 is 44.4 Å². The molecule has 0 spiro atoms. The van der Waals surface area contributed by atoms with E-state index in [4.69, 9.17) is 9.92 Å². The van der Waals surface area contributed by atoms with Crippen LogP contribution in [0.3, 0.4) is 0 Å². The summed E-state index contributed by atoms with van der Waals surface area (Å²) in [7, 11) is -4.32. The Labute approximate surface area is 199 Å². The van der Waals surface area contributed by atoms with E-state index in [1.807, 2.05) is 12.1 Å². The van der Waals surface area contributed by atoms with Crippen LogP contribution in [-0.2, 0) is 10.1 Å². The summed E-state index contributed by atoms with van der Waals surface area (Å²) >= 11 is 0. The second kappa shape index (κ2) is 9.61. The fourth-order valence-corrected chi connectivity index (χ4v) is 4.18. The van der Waals surface area contributed by atoms with Crippen LogP contribution >= 0.6 is 0 Å². The van der Waals surface area contributed by atoms with Crippen molar-refractivity contribution in [3.8, 4) is 5.75 Å². The van der Waals surface area contributed by atoms with E-state index in [1.165, 1.54) is 12.3 Å². The van der Waals surface area contributed by atoms with Gasteiger partial charge in [-0.1, -0.05) is 30.3 Å². The maximum Gasteiger partial charge on any atom is 0.339 e. The number of fused-ring (bicyclic) bond motifs is 1. The number of nitrogens with two attached hydrogens (primary N) is 1. The van der Waals surface area contributed by atoms with Crippen LogP contribution in [0.1, 0.15) is 15.9 Å². The number of hydrogen-bond acceptors (Lipinski definition) is 8. The summed E-state index contributed by atoms with van der Waals surface area (Å²) in [5.41, 5.74) is 8.93. The van der Waals surface area contributed by atoms with E-state index in [1.54, 1.807) is 42.5 Å². The number of anilines is 1. The van der Waals surface area contributed by atoms with Crippen LogP contribution in [-0.4, -0.2) is 25.5 Å². The third kappa shape index (κ3) is 5.25. The molecule has 4 rings (SSSR count). The van der Waals surface area contributed by atoms with Crippen molar-refractivity contribution in [2.24, 2.45) is 5.10 Å². The number of non-ortho nitro benzene ring substituents is 1. The number of nitro benzene ring substituents is 1. The first-order chi connectivity index (χ1) is 16.7. The zero-order chi connectivity index (χ0) is 25.0. The number of amides is 1. The third-order valence-electron chi connectivity index (χ3n) is 5.00. The van der Waals surface area contributed by atoms with Crippen molar-refractivity contribution in [3.05, 3.63) is 106 Å². The fourth-order valence-electron chi connectivity index (χ4n) is 3.24. The molecular formula is C24H18N4O6S. The highest BCUT2D eigenvalue weighted by Gasteiger charge is 2.20. The number of carbonyl (C=O) groups excluding carboxylic acids is 1. The molecule has 0 heterocycles. The van der Waals surface area contributed by atoms with E-state index in [-0.39, 0.29) is 16.3 Å². The molecule has 176 valence electrons. The van der Waals surface area contributed by atoms with Crippen LogP contribution < -0.4 is 15.3 Å². The average molecular weight is 490 g/mol. The number of hydrogen-bond donors (Lipinski definition) is 2. The van der Waals surface area contributed by atoms with Gasteiger partial charge < -0.3 is 9.92 Å². The fraction of sp³-hybridized carbons (Fsp3) is 0. The lowest BCUT2D eigenvalue weighted by Gasteiger charge is -2.12. The molecule has 1 amide bonds. The number of nitrogens with zero attached hydrogens (tertiary/aromatic N) is 2. The number of hydrazone groups is 1. The van der Waals surface area contributed by atoms with E-state index >= 15 is 0 Å². The molecule has 0 aliphatic heterocycles. The Hall–Kier alpha value is -4.77. The van der Waals surface area contributed by atoms with Crippen LogP contribution in [0.4, 0.5) is 11.4 Å². The van der Waals surface area contributed by atoms with E-state index in [0.29, 0.717) is 22.2 Å². The van der Waals surface area contributed by atoms with Gasteiger partial charge >= 0.3 is 10.1 Å². The van der Waals surface area contributed by atoms with Crippen LogP contribution in [0.15, 0.2) is 94.9 Å². The molecule has 0 aromatic heterocycles. The maximum atomic E-state index is 12.8. The molecule has 0 fully saturated rings. The molecule has 0 aliphatic rings. The van der Waals surface area contributed by atoms with Gasteiger partial charge in [0, 0.05) is 28.9 Å². The number of carbonyl (C=O) groups is 1. The summed E-state index contributed by atoms with van der Waals surface area (Å²) in [6.45, 7) is 0. The van der Waals surface area contributed by atoms with Crippen molar-refractivity contribution in [2.45, 2.75) is 4.90 Å². The molecule has 35 heavy (non-hydrogen) atoms. The second-order valence-electron chi connectivity index (χ2n) is 7.31. The molecular weight excluding hydrogens is 472 g/mol. The number of rotatable bonds is 7. The van der Waals surface area contributed by atoms with E-state index < -0.39 is 20.9 Å². The van der Waals surface area contributed by atoms with E-state index in [2.05, 4.69) is 10.5 Å². The smallest absolute Gasteiger partial charge is 0.339 e. The topological polar surface area (TPSA) is 154 Å². The first kappa shape index (κ1) is 23.4. The Balaban J connectivity index is 1.65. The normalized spacial score (nSPS) is 11.4. The molecule has 0 saturated heterocycles. The van der Waals surface area contributed by atoms with Gasteiger partial charge in [0.1, 0.15) is 4.90 Å². The molecule has 0 atom stereocenters. The predicted molar refractivity (Wildman–Crippen MR) is 131 cm³/mol. The number of benzene rings is 4. The molecule has 4 aromatic rings. The van der Waals surface area contributed by atoms with Gasteiger partial charge in [-0.3, -0.25) is 14.9 Å². The molecule has 11 heteroatoms. The lowest BCUT2D eigenvalue weighted by molar-refractivity contribution is -0.384. The largest absolute Gasteiger partial charge is 0.399 e. The van der Waals surface area contributed by atoms with Crippen LogP contribution in [0, 0.1) is 10.1 Å². The van der Waals surface area contributed by atoms with Crippen molar-refractivity contribution in [3.63, 3.8) is 0 Å².